The van der Waals surface area contributed by atoms with E-state index in [0.717, 1.165) is 43.0 Å². The van der Waals surface area contributed by atoms with Crippen molar-refractivity contribution in [1.29, 1.82) is 0 Å². The van der Waals surface area contributed by atoms with Gasteiger partial charge >= 0.3 is 0 Å². The molecule has 0 aliphatic carbocycles. The van der Waals surface area contributed by atoms with E-state index in [9.17, 15) is 0 Å². The van der Waals surface area contributed by atoms with E-state index in [-0.39, 0.29) is 24.0 Å². The lowest BCUT2D eigenvalue weighted by Crippen LogP contribution is -2.38. The zero-order valence-corrected chi connectivity index (χ0v) is 16.0. The number of halogens is 1. The number of guanidine groups is 1. The summed E-state index contributed by atoms with van der Waals surface area (Å²) in [4.78, 5) is 9.04. The standard InChI is InChI=1S/C17H24N4O.HI/c1-3-18-17(20-10-6-12-22-2)21-13-14-9-11-19-16-8-5-4-7-15(14)16;/h4-5,7-9,11H,3,6,10,12-13H2,1-2H3,(H2,18,20,21);1H. The maximum atomic E-state index is 5.05. The normalized spacial score (nSPS) is 11.1. The lowest BCUT2D eigenvalue weighted by atomic mass is 10.1. The van der Waals surface area contributed by atoms with Gasteiger partial charge in [0.2, 0.25) is 0 Å². The summed E-state index contributed by atoms with van der Waals surface area (Å²) in [7, 11) is 1.72. The van der Waals surface area contributed by atoms with Crippen LogP contribution < -0.4 is 10.6 Å². The Morgan fingerprint density at radius 1 is 1.22 bits per heavy atom. The van der Waals surface area contributed by atoms with Crippen LogP contribution in [0.5, 0.6) is 0 Å². The Kier molecular flexibility index (Phi) is 9.54. The van der Waals surface area contributed by atoms with Crippen LogP contribution in [0, 0.1) is 0 Å². The van der Waals surface area contributed by atoms with Crippen LogP contribution in [0.1, 0.15) is 18.9 Å². The highest BCUT2D eigenvalue weighted by molar-refractivity contribution is 14.0. The Morgan fingerprint density at radius 3 is 2.83 bits per heavy atom. The predicted octanol–water partition coefficient (Wildman–Crippen LogP) is 2.94. The molecule has 6 heteroatoms. The van der Waals surface area contributed by atoms with Crippen LogP contribution in [-0.4, -0.2) is 37.7 Å². The smallest absolute Gasteiger partial charge is 0.191 e. The molecule has 0 spiro atoms. The Hall–Kier alpha value is -1.41. The molecule has 0 aliphatic rings. The van der Waals surface area contributed by atoms with Gasteiger partial charge in [0.25, 0.3) is 0 Å². The lowest BCUT2D eigenvalue weighted by molar-refractivity contribution is 0.195. The average Bonchev–Trinajstić information content (AvgIpc) is 2.56. The number of nitrogens with zero attached hydrogens (tertiary/aromatic N) is 2. The number of rotatable bonds is 7. The summed E-state index contributed by atoms with van der Waals surface area (Å²) in [5, 5.41) is 7.73. The second-order valence-corrected chi connectivity index (χ2v) is 4.96. The molecule has 0 fully saturated rings. The van der Waals surface area contributed by atoms with E-state index in [1.807, 2.05) is 30.5 Å². The van der Waals surface area contributed by atoms with Crippen molar-refractivity contribution in [3.05, 3.63) is 42.1 Å². The van der Waals surface area contributed by atoms with Crippen LogP contribution in [0.2, 0.25) is 0 Å². The monoisotopic (exact) mass is 428 g/mol. The summed E-state index contributed by atoms with van der Waals surface area (Å²) in [6.07, 6.45) is 2.80. The van der Waals surface area contributed by atoms with Gasteiger partial charge in [0.1, 0.15) is 0 Å². The highest BCUT2D eigenvalue weighted by Gasteiger charge is 2.02. The number of methoxy groups -OCH3 is 1. The maximum absolute atomic E-state index is 5.05. The van der Waals surface area contributed by atoms with E-state index < -0.39 is 0 Å². The summed E-state index contributed by atoms with van der Waals surface area (Å²) < 4.78 is 5.05. The Bertz CT molecular complexity index is 613. The van der Waals surface area contributed by atoms with E-state index >= 15 is 0 Å². The third-order valence-corrected chi connectivity index (χ3v) is 3.31. The topological polar surface area (TPSA) is 58.5 Å². The molecule has 2 N–H and O–H groups in total. The summed E-state index contributed by atoms with van der Waals surface area (Å²) >= 11 is 0. The maximum Gasteiger partial charge on any atom is 0.191 e. The number of ether oxygens (including phenoxy) is 1. The van der Waals surface area contributed by atoms with E-state index in [0.29, 0.717) is 6.54 Å². The van der Waals surface area contributed by atoms with Gasteiger partial charge in [-0.25, -0.2) is 4.99 Å². The minimum Gasteiger partial charge on any atom is -0.385 e. The fourth-order valence-corrected chi connectivity index (χ4v) is 2.22. The molecule has 0 aliphatic heterocycles. The molecule has 5 nitrogen and oxygen atoms in total. The first-order valence-electron chi connectivity index (χ1n) is 7.69. The summed E-state index contributed by atoms with van der Waals surface area (Å²) in [5.74, 6) is 0.833. The summed E-state index contributed by atoms with van der Waals surface area (Å²) in [5.41, 5.74) is 2.19. The largest absolute Gasteiger partial charge is 0.385 e. The molecular formula is C17H25IN4O. The molecule has 1 aromatic carbocycles. The van der Waals surface area contributed by atoms with Gasteiger partial charge in [-0.2, -0.15) is 0 Å². The van der Waals surface area contributed by atoms with Gasteiger partial charge in [0.15, 0.2) is 5.96 Å². The molecule has 0 saturated carbocycles. The number of aromatic nitrogens is 1. The second kappa shape index (κ2) is 11.2. The number of hydrogen-bond acceptors (Lipinski definition) is 3. The molecule has 0 radical (unpaired) electrons. The summed E-state index contributed by atoms with van der Waals surface area (Å²) in [6.45, 7) is 5.13. The van der Waals surface area contributed by atoms with Gasteiger partial charge in [-0.05, 0) is 31.0 Å². The van der Waals surface area contributed by atoms with Crippen molar-refractivity contribution in [3.63, 3.8) is 0 Å². The Morgan fingerprint density at radius 2 is 2.04 bits per heavy atom. The third-order valence-electron chi connectivity index (χ3n) is 3.31. The van der Waals surface area contributed by atoms with Gasteiger partial charge < -0.3 is 15.4 Å². The van der Waals surface area contributed by atoms with Crippen LogP contribution in [0.15, 0.2) is 41.5 Å². The van der Waals surface area contributed by atoms with Gasteiger partial charge in [-0.15, -0.1) is 24.0 Å². The van der Waals surface area contributed by atoms with E-state index in [4.69, 9.17) is 4.74 Å². The quantitative estimate of drug-likeness (QED) is 0.308. The van der Waals surface area contributed by atoms with E-state index in [1.54, 1.807) is 7.11 Å². The molecule has 0 unspecified atom stereocenters. The lowest BCUT2D eigenvalue weighted by Gasteiger charge is -2.11. The van der Waals surface area contributed by atoms with Gasteiger partial charge in [-0.1, -0.05) is 18.2 Å². The van der Waals surface area contributed by atoms with E-state index in [1.165, 1.54) is 5.56 Å². The molecule has 2 rings (SSSR count). The average molecular weight is 428 g/mol. The predicted molar refractivity (Wildman–Crippen MR) is 106 cm³/mol. The molecule has 0 saturated heterocycles. The number of aliphatic imine (C=N–C) groups is 1. The number of hydrogen-bond donors (Lipinski definition) is 2. The molecule has 23 heavy (non-hydrogen) atoms. The molecule has 0 amide bonds. The van der Waals surface area contributed by atoms with Crippen molar-refractivity contribution >= 4 is 40.8 Å². The molecular weight excluding hydrogens is 403 g/mol. The highest BCUT2D eigenvalue weighted by atomic mass is 127. The first-order chi connectivity index (χ1) is 10.8. The van der Waals surface area contributed by atoms with Crippen molar-refractivity contribution < 1.29 is 4.74 Å². The second-order valence-electron chi connectivity index (χ2n) is 4.96. The minimum atomic E-state index is 0. The third kappa shape index (κ3) is 6.31. The SMILES string of the molecule is CCNC(=NCc1ccnc2ccccc12)NCCCOC.I. The fraction of sp³-hybridized carbons (Fsp3) is 0.412. The van der Waals surface area contributed by atoms with Crippen LogP contribution >= 0.6 is 24.0 Å². The molecule has 0 bridgehead atoms. The molecule has 2 aromatic rings. The fourth-order valence-electron chi connectivity index (χ4n) is 2.22. The first kappa shape index (κ1) is 19.6. The van der Waals surface area contributed by atoms with Crippen molar-refractivity contribution in [3.8, 4) is 0 Å². The number of fused-ring (bicyclic) bond motifs is 1. The van der Waals surface area contributed by atoms with Crippen LogP contribution in [-0.2, 0) is 11.3 Å². The van der Waals surface area contributed by atoms with Crippen molar-refractivity contribution in [2.75, 3.05) is 26.8 Å². The molecule has 1 heterocycles. The van der Waals surface area contributed by atoms with Gasteiger partial charge in [0.05, 0.1) is 12.1 Å². The highest BCUT2D eigenvalue weighted by Crippen LogP contribution is 2.16. The van der Waals surface area contributed by atoms with Crippen LogP contribution in [0.25, 0.3) is 10.9 Å². The molecule has 0 atom stereocenters. The van der Waals surface area contributed by atoms with Crippen LogP contribution in [0.4, 0.5) is 0 Å². The zero-order chi connectivity index (χ0) is 15.6. The van der Waals surface area contributed by atoms with Gasteiger partial charge in [0, 0.05) is 38.4 Å². The van der Waals surface area contributed by atoms with Gasteiger partial charge in [-0.3, -0.25) is 4.98 Å². The number of nitrogens with one attached hydrogen (secondary N) is 2. The van der Waals surface area contributed by atoms with E-state index in [2.05, 4.69) is 33.6 Å². The minimum absolute atomic E-state index is 0. The number of benzene rings is 1. The summed E-state index contributed by atoms with van der Waals surface area (Å²) in [6, 6.07) is 10.2. The molecule has 126 valence electrons. The number of pyridine rings is 1. The zero-order valence-electron chi connectivity index (χ0n) is 13.7. The Labute approximate surface area is 155 Å². The van der Waals surface area contributed by atoms with Crippen LogP contribution in [0.3, 0.4) is 0 Å². The van der Waals surface area contributed by atoms with Crippen molar-refractivity contribution in [2.24, 2.45) is 4.99 Å². The molecule has 1 aromatic heterocycles. The number of para-hydroxylation sites is 1. The van der Waals surface area contributed by atoms with Crippen molar-refractivity contribution in [1.82, 2.24) is 15.6 Å². The Balaban J connectivity index is 0.00000264. The van der Waals surface area contributed by atoms with Crippen molar-refractivity contribution in [2.45, 2.75) is 19.9 Å². The first-order valence-corrected chi connectivity index (χ1v) is 7.69.